The second-order valence-electron chi connectivity index (χ2n) is 6.14. The number of guanidine groups is 1. The largest absolute Gasteiger partial charge is 0.494 e. The van der Waals surface area contributed by atoms with Crippen molar-refractivity contribution in [2.75, 3.05) is 32.9 Å². The summed E-state index contributed by atoms with van der Waals surface area (Å²) in [5, 5.41) is 6.03. The summed E-state index contributed by atoms with van der Waals surface area (Å²) in [6.45, 7) is 9.22. The van der Waals surface area contributed by atoms with Crippen LogP contribution in [0.3, 0.4) is 0 Å². The van der Waals surface area contributed by atoms with E-state index in [-0.39, 0.29) is 35.9 Å². The second-order valence-corrected chi connectivity index (χ2v) is 6.14. The van der Waals surface area contributed by atoms with E-state index in [1.165, 1.54) is 0 Å². The lowest BCUT2D eigenvalue weighted by Crippen LogP contribution is -2.33. The van der Waals surface area contributed by atoms with Crippen LogP contribution in [0.4, 0.5) is 0 Å². The molecular weight excluding hydrogens is 471 g/mol. The highest BCUT2D eigenvalue weighted by atomic mass is 127. The molecule has 1 rings (SSSR count). The third-order valence-corrected chi connectivity index (χ3v) is 3.89. The number of amides is 1. The minimum Gasteiger partial charge on any atom is -0.494 e. The Morgan fingerprint density at radius 2 is 1.89 bits per heavy atom. The van der Waals surface area contributed by atoms with Crippen LogP contribution in [-0.4, -0.2) is 44.8 Å². The summed E-state index contributed by atoms with van der Waals surface area (Å²) in [5.74, 6) is 1.26. The molecule has 0 saturated carbocycles. The van der Waals surface area contributed by atoms with Crippen molar-refractivity contribution < 1.29 is 14.3 Å². The van der Waals surface area contributed by atoms with Gasteiger partial charge in [0, 0.05) is 32.7 Å². The van der Waals surface area contributed by atoms with Crippen molar-refractivity contribution in [2.45, 2.75) is 46.1 Å². The van der Waals surface area contributed by atoms with Gasteiger partial charge in [-0.1, -0.05) is 12.1 Å². The molecule has 1 aromatic carbocycles. The van der Waals surface area contributed by atoms with Gasteiger partial charge in [0.15, 0.2) is 5.96 Å². The van der Waals surface area contributed by atoms with E-state index in [1.54, 1.807) is 0 Å². The van der Waals surface area contributed by atoms with E-state index in [0.29, 0.717) is 38.6 Å². The molecule has 160 valence electrons. The normalized spacial score (nSPS) is 12.0. The van der Waals surface area contributed by atoms with Crippen LogP contribution in [0.5, 0.6) is 5.75 Å². The maximum atomic E-state index is 12.1. The Kier molecular flexibility index (Phi) is 15.5. The summed E-state index contributed by atoms with van der Waals surface area (Å²) in [6, 6.07) is 7.73. The number of halogens is 1. The molecule has 0 radical (unpaired) electrons. The average molecular weight is 506 g/mol. The summed E-state index contributed by atoms with van der Waals surface area (Å²) in [6.07, 6.45) is 1.96. The van der Waals surface area contributed by atoms with Gasteiger partial charge in [-0.25, -0.2) is 0 Å². The van der Waals surface area contributed by atoms with Gasteiger partial charge < -0.3 is 25.8 Å². The molecule has 1 aromatic rings. The van der Waals surface area contributed by atoms with Crippen LogP contribution >= 0.6 is 24.0 Å². The minimum atomic E-state index is -0.0475. The van der Waals surface area contributed by atoms with Gasteiger partial charge in [0.05, 0.1) is 12.6 Å². The highest BCUT2D eigenvalue weighted by Crippen LogP contribution is 2.17. The van der Waals surface area contributed by atoms with E-state index in [9.17, 15) is 4.79 Å². The predicted octanol–water partition coefficient (Wildman–Crippen LogP) is 2.99. The molecule has 0 heterocycles. The van der Waals surface area contributed by atoms with E-state index in [1.807, 2.05) is 45.0 Å². The zero-order valence-corrected chi connectivity index (χ0v) is 19.5. The van der Waals surface area contributed by atoms with Gasteiger partial charge in [0.25, 0.3) is 0 Å². The van der Waals surface area contributed by atoms with Gasteiger partial charge in [-0.2, -0.15) is 0 Å². The fourth-order valence-electron chi connectivity index (χ4n) is 2.45. The Morgan fingerprint density at radius 3 is 2.54 bits per heavy atom. The zero-order valence-electron chi connectivity index (χ0n) is 17.2. The third kappa shape index (κ3) is 12.0. The lowest BCUT2D eigenvalue weighted by molar-refractivity contribution is -0.121. The van der Waals surface area contributed by atoms with Crippen LogP contribution in [0.25, 0.3) is 0 Å². The Morgan fingerprint density at radius 1 is 1.18 bits per heavy atom. The van der Waals surface area contributed by atoms with Gasteiger partial charge in [-0.15, -0.1) is 24.0 Å². The van der Waals surface area contributed by atoms with Crippen LogP contribution in [0, 0.1) is 0 Å². The van der Waals surface area contributed by atoms with E-state index in [2.05, 4.69) is 15.6 Å². The SMILES string of the molecule is CCOCCCNC(N)=NCCCC(=O)NC(C)c1ccc(OCC)cc1.I. The second kappa shape index (κ2) is 16.4. The maximum Gasteiger partial charge on any atom is 0.220 e. The Labute approximate surface area is 185 Å². The molecular formula is C20H35IN4O3. The molecule has 0 aromatic heterocycles. The molecule has 0 fully saturated rings. The number of benzene rings is 1. The molecule has 0 spiro atoms. The number of nitrogens with one attached hydrogen (secondary N) is 2. The van der Waals surface area contributed by atoms with Crippen molar-refractivity contribution in [1.29, 1.82) is 0 Å². The first-order valence-corrected chi connectivity index (χ1v) is 9.70. The minimum absolute atomic E-state index is 0. The quantitative estimate of drug-likeness (QED) is 0.165. The predicted molar refractivity (Wildman–Crippen MR) is 124 cm³/mol. The van der Waals surface area contributed by atoms with Gasteiger partial charge in [-0.05, 0) is 51.3 Å². The molecule has 28 heavy (non-hydrogen) atoms. The first-order chi connectivity index (χ1) is 13.1. The summed E-state index contributed by atoms with van der Waals surface area (Å²) in [7, 11) is 0. The Hall–Kier alpha value is -1.55. The van der Waals surface area contributed by atoms with Crippen molar-refractivity contribution in [1.82, 2.24) is 10.6 Å². The Balaban J connectivity index is 0.00000729. The van der Waals surface area contributed by atoms with Gasteiger partial charge >= 0.3 is 0 Å². The standard InChI is InChI=1S/C20H34N4O3.HI/c1-4-26-15-7-14-23-20(21)22-13-6-8-19(25)24-16(3)17-9-11-18(12-10-17)27-5-2;/h9-12,16H,4-8,13-15H2,1-3H3,(H,24,25)(H3,21,22,23);1H. The van der Waals surface area contributed by atoms with Crippen molar-refractivity contribution in [3.05, 3.63) is 29.8 Å². The summed E-state index contributed by atoms with van der Waals surface area (Å²) in [4.78, 5) is 16.3. The molecule has 0 aliphatic heterocycles. The number of carbonyl (C=O) groups is 1. The monoisotopic (exact) mass is 506 g/mol. The van der Waals surface area contributed by atoms with Gasteiger partial charge in [0.2, 0.25) is 5.91 Å². The fourth-order valence-corrected chi connectivity index (χ4v) is 2.45. The third-order valence-electron chi connectivity index (χ3n) is 3.89. The van der Waals surface area contributed by atoms with Crippen molar-refractivity contribution in [2.24, 2.45) is 10.7 Å². The number of ether oxygens (including phenoxy) is 2. The lowest BCUT2D eigenvalue weighted by atomic mass is 10.1. The molecule has 0 bridgehead atoms. The molecule has 0 aliphatic rings. The van der Waals surface area contributed by atoms with Crippen LogP contribution < -0.4 is 21.1 Å². The van der Waals surface area contributed by atoms with Crippen LogP contribution in [0.1, 0.15) is 51.6 Å². The lowest BCUT2D eigenvalue weighted by Gasteiger charge is -2.15. The number of hydrogen-bond acceptors (Lipinski definition) is 4. The van der Waals surface area contributed by atoms with Gasteiger partial charge in [-0.3, -0.25) is 9.79 Å². The van der Waals surface area contributed by atoms with E-state index in [0.717, 1.165) is 30.9 Å². The Bertz CT molecular complexity index is 567. The van der Waals surface area contributed by atoms with Gasteiger partial charge in [0.1, 0.15) is 5.75 Å². The van der Waals surface area contributed by atoms with Crippen LogP contribution in [0.2, 0.25) is 0 Å². The zero-order chi connectivity index (χ0) is 19.9. The number of aliphatic imine (C=N–C) groups is 1. The maximum absolute atomic E-state index is 12.1. The molecule has 4 N–H and O–H groups in total. The number of nitrogens with two attached hydrogens (primary N) is 1. The highest BCUT2D eigenvalue weighted by molar-refractivity contribution is 14.0. The number of nitrogens with zero attached hydrogens (tertiary/aromatic N) is 1. The van der Waals surface area contributed by atoms with Crippen molar-refractivity contribution in [3.8, 4) is 5.75 Å². The highest BCUT2D eigenvalue weighted by Gasteiger charge is 2.09. The molecule has 1 atom stereocenters. The number of hydrogen-bond donors (Lipinski definition) is 3. The molecule has 7 nitrogen and oxygen atoms in total. The van der Waals surface area contributed by atoms with E-state index >= 15 is 0 Å². The molecule has 0 saturated heterocycles. The summed E-state index contributed by atoms with van der Waals surface area (Å²) < 4.78 is 10.7. The summed E-state index contributed by atoms with van der Waals surface area (Å²) >= 11 is 0. The number of carbonyl (C=O) groups excluding carboxylic acids is 1. The van der Waals surface area contributed by atoms with Crippen LogP contribution in [-0.2, 0) is 9.53 Å². The van der Waals surface area contributed by atoms with Crippen molar-refractivity contribution >= 4 is 35.8 Å². The smallest absolute Gasteiger partial charge is 0.220 e. The molecule has 1 amide bonds. The first-order valence-electron chi connectivity index (χ1n) is 9.70. The molecule has 0 aliphatic carbocycles. The van der Waals surface area contributed by atoms with E-state index < -0.39 is 0 Å². The topological polar surface area (TPSA) is 98.0 Å². The van der Waals surface area contributed by atoms with E-state index in [4.69, 9.17) is 15.2 Å². The molecule has 8 heteroatoms. The fraction of sp³-hybridized carbons (Fsp3) is 0.600. The average Bonchev–Trinajstić information content (AvgIpc) is 2.66. The first kappa shape index (κ1) is 26.4. The number of rotatable bonds is 13. The van der Waals surface area contributed by atoms with Crippen molar-refractivity contribution in [3.63, 3.8) is 0 Å². The molecule has 1 unspecified atom stereocenters. The summed E-state index contributed by atoms with van der Waals surface area (Å²) in [5.41, 5.74) is 6.83. The van der Waals surface area contributed by atoms with Crippen LogP contribution in [0.15, 0.2) is 29.3 Å².